The third kappa shape index (κ3) is 7.33. The topological polar surface area (TPSA) is 0 Å². The van der Waals surface area contributed by atoms with Gasteiger partial charge in [-0.2, -0.15) is 0 Å². The van der Waals surface area contributed by atoms with Crippen LogP contribution in [-0.4, -0.2) is 0 Å². The van der Waals surface area contributed by atoms with E-state index in [4.69, 9.17) is 0 Å². The Bertz CT molecular complexity index is 153. The number of hydrogen-bond acceptors (Lipinski definition) is 0. The molecular weight excluding hydrogens is 144 g/mol. The zero-order valence-electron chi connectivity index (χ0n) is 9.15. The van der Waals surface area contributed by atoms with Gasteiger partial charge in [0.25, 0.3) is 0 Å². The third-order valence-corrected chi connectivity index (χ3v) is 1.40. The lowest BCUT2D eigenvalue weighted by Gasteiger charge is -2.18. The lowest BCUT2D eigenvalue weighted by atomic mass is 9.87. The van der Waals surface area contributed by atoms with Gasteiger partial charge in [0.2, 0.25) is 0 Å². The first-order valence-corrected chi connectivity index (χ1v) is 4.47. The van der Waals surface area contributed by atoms with Crippen molar-refractivity contribution in [2.45, 2.75) is 34.6 Å². The Morgan fingerprint density at radius 2 is 1.58 bits per heavy atom. The maximum Gasteiger partial charge on any atom is -0.0138 e. The van der Waals surface area contributed by atoms with Crippen LogP contribution in [0.2, 0.25) is 0 Å². The van der Waals surface area contributed by atoms with E-state index in [1.54, 1.807) is 6.08 Å². The van der Waals surface area contributed by atoms with Gasteiger partial charge in [-0.25, -0.2) is 0 Å². The molecule has 0 nitrogen and oxygen atoms in total. The van der Waals surface area contributed by atoms with E-state index in [1.165, 1.54) is 0 Å². The van der Waals surface area contributed by atoms with Crippen LogP contribution in [0.3, 0.4) is 0 Å². The minimum atomic E-state index is 0.180. The zero-order valence-corrected chi connectivity index (χ0v) is 9.15. The molecule has 0 aliphatic heterocycles. The summed E-state index contributed by atoms with van der Waals surface area (Å²) in [4.78, 5) is 0. The Balaban J connectivity index is 0. The molecule has 0 rings (SSSR count). The fourth-order valence-electron chi connectivity index (χ4n) is 0.434. The van der Waals surface area contributed by atoms with Crippen molar-refractivity contribution in [3.05, 3.63) is 37.0 Å². The molecule has 0 aromatic rings. The molecule has 0 saturated heterocycles. The van der Waals surface area contributed by atoms with Crippen LogP contribution < -0.4 is 0 Å². The summed E-state index contributed by atoms with van der Waals surface area (Å²) in [6.07, 6.45) is 5.66. The van der Waals surface area contributed by atoms with Gasteiger partial charge in [-0.1, -0.05) is 66.0 Å². The first kappa shape index (κ1) is 13.8. The van der Waals surface area contributed by atoms with Crippen LogP contribution in [0.1, 0.15) is 34.6 Å². The van der Waals surface area contributed by atoms with Crippen LogP contribution in [-0.2, 0) is 0 Å². The highest BCUT2D eigenvalue weighted by Gasteiger charge is 2.10. The smallest absolute Gasteiger partial charge is 0.0138 e. The summed E-state index contributed by atoms with van der Waals surface area (Å²) in [5, 5.41) is 0. The van der Waals surface area contributed by atoms with Crippen LogP contribution >= 0.6 is 0 Å². The Labute approximate surface area is 77.7 Å². The van der Waals surface area contributed by atoms with Gasteiger partial charge in [0, 0.05) is 0 Å². The molecular formula is C12H22. The summed E-state index contributed by atoms with van der Waals surface area (Å²) >= 11 is 0. The molecule has 0 atom stereocenters. The van der Waals surface area contributed by atoms with Crippen molar-refractivity contribution in [2.75, 3.05) is 0 Å². The number of rotatable bonds is 2. The molecule has 0 amide bonds. The van der Waals surface area contributed by atoms with Crippen molar-refractivity contribution in [2.24, 2.45) is 5.41 Å². The summed E-state index contributed by atoms with van der Waals surface area (Å²) in [6.45, 7) is 17.9. The molecule has 0 aliphatic rings. The molecule has 0 heterocycles. The van der Waals surface area contributed by atoms with Gasteiger partial charge >= 0.3 is 0 Å². The van der Waals surface area contributed by atoms with Crippen molar-refractivity contribution in [3.8, 4) is 0 Å². The highest BCUT2D eigenvalue weighted by atomic mass is 14.2. The van der Waals surface area contributed by atoms with Crippen LogP contribution in [0.15, 0.2) is 37.0 Å². The molecule has 0 unspecified atom stereocenters. The summed E-state index contributed by atoms with van der Waals surface area (Å²) in [5.74, 6) is 0. The first-order chi connectivity index (χ1) is 5.48. The average molecular weight is 166 g/mol. The van der Waals surface area contributed by atoms with Gasteiger partial charge in [0.05, 0.1) is 0 Å². The molecule has 0 saturated carbocycles. The van der Waals surface area contributed by atoms with Crippen molar-refractivity contribution < 1.29 is 0 Å². The van der Waals surface area contributed by atoms with E-state index in [-0.39, 0.29) is 5.41 Å². The summed E-state index contributed by atoms with van der Waals surface area (Å²) in [5.41, 5.74) is 1.31. The molecule has 0 bridgehead atoms. The summed E-state index contributed by atoms with van der Waals surface area (Å²) < 4.78 is 0. The van der Waals surface area contributed by atoms with Crippen molar-refractivity contribution in [3.63, 3.8) is 0 Å². The molecule has 0 aromatic carbocycles. The second kappa shape index (κ2) is 6.90. The Morgan fingerprint density at radius 3 is 1.83 bits per heavy atom. The Hall–Kier alpha value is -0.780. The second-order valence-electron chi connectivity index (χ2n) is 3.37. The van der Waals surface area contributed by atoms with Gasteiger partial charge in [-0.15, -0.1) is 0 Å². The molecule has 70 valence electrons. The summed E-state index contributed by atoms with van der Waals surface area (Å²) in [7, 11) is 0. The van der Waals surface area contributed by atoms with Crippen LogP contribution in [0.5, 0.6) is 0 Å². The lowest BCUT2D eigenvalue weighted by molar-refractivity contribution is 0.519. The van der Waals surface area contributed by atoms with Crippen molar-refractivity contribution in [1.29, 1.82) is 0 Å². The Kier molecular flexibility index (Phi) is 7.93. The van der Waals surface area contributed by atoms with Crippen LogP contribution in [0.25, 0.3) is 0 Å². The van der Waals surface area contributed by atoms with Crippen molar-refractivity contribution >= 4 is 0 Å². The largest absolute Gasteiger partial charge is 0.0991 e. The van der Waals surface area contributed by atoms with Gasteiger partial charge in [0.1, 0.15) is 0 Å². The molecule has 0 fully saturated rings. The standard InChI is InChI=1S/C10H16.C2H6/c1-6-7-8-9(2)10(3,4)5;1-2/h6-8H,1-2H2,3-5H3;1-2H3/b8-7-;. The van der Waals surface area contributed by atoms with Gasteiger partial charge in [0.15, 0.2) is 0 Å². The lowest BCUT2D eigenvalue weighted by Crippen LogP contribution is -2.05. The van der Waals surface area contributed by atoms with Gasteiger partial charge < -0.3 is 0 Å². The number of hydrogen-bond donors (Lipinski definition) is 0. The van der Waals surface area contributed by atoms with E-state index < -0.39 is 0 Å². The highest BCUT2D eigenvalue weighted by Crippen LogP contribution is 2.23. The molecule has 0 heteroatoms. The summed E-state index contributed by atoms with van der Waals surface area (Å²) in [6, 6.07) is 0. The fraction of sp³-hybridized carbons (Fsp3) is 0.500. The highest BCUT2D eigenvalue weighted by molar-refractivity contribution is 5.23. The van der Waals surface area contributed by atoms with Crippen molar-refractivity contribution in [1.82, 2.24) is 0 Å². The molecule has 0 aliphatic carbocycles. The quantitative estimate of drug-likeness (QED) is 0.535. The minimum Gasteiger partial charge on any atom is -0.0991 e. The second-order valence-corrected chi connectivity index (χ2v) is 3.37. The van der Waals surface area contributed by atoms with E-state index in [9.17, 15) is 0 Å². The van der Waals surface area contributed by atoms with Gasteiger partial charge in [-0.05, 0) is 11.0 Å². The van der Waals surface area contributed by atoms with E-state index in [0.29, 0.717) is 0 Å². The first-order valence-electron chi connectivity index (χ1n) is 4.47. The van der Waals surface area contributed by atoms with Gasteiger partial charge in [-0.3, -0.25) is 0 Å². The number of allylic oxidation sites excluding steroid dienone is 4. The predicted octanol–water partition coefficient (Wildman–Crippen LogP) is 4.36. The third-order valence-electron chi connectivity index (χ3n) is 1.40. The molecule has 0 spiro atoms. The van der Waals surface area contributed by atoms with E-state index in [0.717, 1.165) is 5.57 Å². The SMILES string of the molecule is C=C/C=C\C(=C)C(C)(C)C.CC. The van der Waals surface area contributed by atoms with E-state index in [2.05, 4.69) is 33.9 Å². The maximum atomic E-state index is 3.93. The Morgan fingerprint density at radius 1 is 1.17 bits per heavy atom. The monoisotopic (exact) mass is 166 g/mol. The fourth-order valence-corrected chi connectivity index (χ4v) is 0.434. The molecule has 0 radical (unpaired) electrons. The van der Waals surface area contributed by atoms with E-state index in [1.807, 2.05) is 26.0 Å². The molecule has 12 heavy (non-hydrogen) atoms. The molecule has 0 aromatic heterocycles. The normalized spacial score (nSPS) is 10.4. The average Bonchev–Trinajstić information content (AvgIpc) is 2.02. The maximum absolute atomic E-state index is 3.93. The molecule has 0 N–H and O–H groups in total. The van der Waals surface area contributed by atoms with Crippen LogP contribution in [0.4, 0.5) is 0 Å². The minimum absolute atomic E-state index is 0.180. The van der Waals surface area contributed by atoms with E-state index >= 15 is 0 Å². The van der Waals surface area contributed by atoms with Crippen LogP contribution in [0, 0.1) is 5.41 Å². The predicted molar refractivity (Wildman–Crippen MR) is 59.3 cm³/mol. The zero-order chi connectivity index (χ0) is 10.2.